The number of hydrogen-bond acceptors (Lipinski definition) is 3. The first kappa shape index (κ1) is 18.0. The van der Waals surface area contributed by atoms with Crippen LogP contribution in [0.25, 0.3) is 0 Å². The molecular formula is C20H26N2O2. The van der Waals surface area contributed by atoms with Crippen LogP contribution in [0.2, 0.25) is 0 Å². The van der Waals surface area contributed by atoms with Gasteiger partial charge in [-0.1, -0.05) is 48.5 Å². The first-order chi connectivity index (χ1) is 11.6. The fourth-order valence-corrected chi connectivity index (χ4v) is 2.64. The van der Waals surface area contributed by atoms with E-state index >= 15 is 0 Å². The highest BCUT2D eigenvalue weighted by Gasteiger charge is 2.14. The minimum atomic E-state index is 0.0133. The Morgan fingerprint density at radius 2 is 1.75 bits per heavy atom. The molecule has 0 radical (unpaired) electrons. The number of methoxy groups -OCH3 is 1. The first-order valence-electron chi connectivity index (χ1n) is 8.19. The van der Waals surface area contributed by atoms with Crippen LogP contribution in [-0.2, 0) is 17.6 Å². The molecule has 0 aliphatic rings. The maximum atomic E-state index is 12.3. The summed E-state index contributed by atoms with van der Waals surface area (Å²) in [5, 5.41) is 3.05. The summed E-state index contributed by atoms with van der Waals surface area (Å²) in [6.45, 7) is 0.621. The predicted molar refractivity (Wildman–Crippen MR) is 97.3 cm³/mol. The smallest absolute Gasteiger partial charge is 0.224 e. The Hall–Kier alpha value is -2.33. The summed E-state index contributed by atoms with van der Waals surface area (Å²) in [6, 6.07) is 18.2. The average molecular weight is 326 g/mol. The van der Waals surface area contributed by atoms with Crippen LogP contribution in [-0.4, -0.2) is 44.6 Å². The molecule has 128 valence electrons. The Morgan fingerprint density at radius 1 is 1.08 bits per heavy atom. The van der Waals surface area contributed by atoms with Crippen molar-refractivity contribution >= 4 is 5.91 Å². The van der Waals surface area contributed by atoms with Crippen LogP contribution in [0, 0.1) is 0 Å². The zero-order valence-electron chi connectivity index (χ0n) is 14.7. The van der Waals surface area contributed by atoms with E-state index in [-0.39, 0.29) is 11.9 Å². The van der Waals surface area contributed by atoms with E-state index < -0.39 is 0 Å². The molecule has 1 unspecified atom stereocenters. The molecular weight excluding hydrogens is 300 g/mol. The van der Waals surface area contributed by atoms with E-state index in [0.717, 1.165) is 17.7 Å². The Balaban J connectivity index is 1.90. The molecule has 0 saturated heterocycles. The molecule has 0 fully saturated rings. The standard InChI is InChI=1S/C20H26N2O2/c1-22(2)18(13-16-9-5-4-6-10-16)15-21-20(23)14-17-11-7-8-12-19(17)24-3/h4-12,18H,13-15H2,1-3H3,(H,21,23). The van der Waals surface area contributed by atoms with Crippen molar-refractivity contribution in [3.63, 3.8) is 0 Å². The number of benzene rings is 2. The molecule has 2 aromatic carbocycles. The second-order valence-electron chi connectivity index (χ2n) is 6.10. The number of rotatable bonds is 8. The summed E-state index contributed by atoms with van der Waals surface area (Å²) < 4.78 is 5.30. The Kier molecular flexibility index (Phi) is 6.82. The van der Waals surface area contributed by atoms with Gasteiger partial charge in [-0.3, -0.25) is 4.79 Å². The monoisotopic (exact) mass is 326 g/mol. The van der Waals surface area contributed by atoms with Crippen LogP contribution in [0.1, 0.15) is 11.1 Å². The van der Waals surface area contributed by atoms with Crippen molar-refractivity contribution in [3.8, 4) is 5.75 Å². The van der Waals surface area contributed by atoms with Gasteiger partial charge in [-0.15, -0.1) is 0 Å². The van der Waals surface area contributed by atoms with Gasteiger partial charge >= 0.3 is 0 Å². The molecule has 1 N–H and O–H groups in total. The number of carbonyl (C=O) groups excluding carboxylic acids is 1. The van der Waals surface area contributed by atoms with Gasteiger partial charge in [0, 0.05) is 18.2 Å². The minimum Gasteiger partial charge on any atom is -0.496 e. The molecule has 1 amide bonds. The van der Waals surface area contributed by atoms with Crippen LogP contribution in [0.5, 0.6) is 5.75 Å². The van der Waals surface area contributed by atoms with E-state index in [2.05, 4.69) is 22.3 Å². The van der Waals surface area contributed by atoms with Gasteiger partial charge in [0.15, 0.2) is 0 Å². The first-order valence-corrected chi connectivity index (χ1v) is 8.19. The van der Waals surface area contributed by atoms with Crippen molar-refractivity contribution in [3.05, 3.63) is 65.7 Å². The van der Waals surface area contributed by atoms with Gasteiger partial charge in [0.25, 0.3) is 0 Å². The topological polar surface area (TPSA) is 41.6 Å². The van der Waals surface area contributed by atoms with E-state index in [9.17, 15) is 4.79 Å². The summed E-state index contributed by atoms with van der Waals surface area (Å²) in [6.07, 6.45) is 1.23. The van der Waals surface area contributed by atoms with Gasteiger partial charge in [-0.05, 0) is 32.1 Å². The third-order valence-corrected chi connectivity index (χ3v) is 4.12. The highest BCUT2D eigenvalue weighted by molar-refractivity contribution is 5.79. The summed E-state index contributed by atoms with van der Waals surface area (Å²) in [7, 11) is 5.71. The quantitative estimate of drug-likeness (QED) is 0.810. The SMILES string of the molecule is COc1ccccc1CC(=O)NCC(Cc1ccccc1)N(C)C. The van der Waals surface area contributed by atoms with Crippen LogP contribution >= 0.6 is 0 Å². The number of likely N-dealkylation sites (N-methyl/N-ethyl adjacent to an activating group) is 1. The number of carbonyl (C=O) groups is 1. The Labute approximate surface area is 144 Å². The van der Waals surface area contributed by atoms with Crippen molar-refractivity contribution in [1.82, 2.24) is 10.2 Å². The molecule has 2 aromatic rings. The third kappa shape index (κ3) is 5.39. The third-order valence-electron chi connectivity index (χ3n) is 4.12. The molecule has 0 saturated carbocycles. The van der Waals surface area contributed by atoms with Crippen molar-refractivity contribution in [2.45, 2.75) is 18.9 Å². The van der Waals surface area contributed by atoms with Crippen molar-refractivity contribution in [2.24, 2.45) is 0 Å². The van der Waals surface area contributed by atoms with Crippen LogP contribution in [0.4, 0.5) is 0 Å². The van der Waals surface area contributed by atoms with E-state index in [1.165, 1.54) is 5.56 Å². The van der Waals surface area contributed by atoms with E-state index in [1.54, 1.807) is 7.11 Å². The van der Waals surface area contributed by atoms with Gasteiger partial charge < -0.3 is 15.0 Å². The molecule has 2 rings (SSSR count). The predicted octanol–water partition coefficient (Wildman–Crippen LogP) is 2.53. The van der Waals surface area contributed by atoms with Gasteiger partial charge in [-0.25, -0.2) is 0 Å². The van der Waals surface area contributed by atoms with Crippen molar-refractivity contribution in [2.75, 3.05) is 27.7 Å². The number of hydrogen-bond donors (Lipinski definition) is 1. The lowest BCUT2D eigenvalue weighted by molar-refractivity contribution is -0.120. The van der Waals surface area contributed by atoms with E-state index in [0.29, 0.717) is 13.0 Å². The number of nitrogens with one attached hydrogen (secondary N) is 1. The summed E-state index contributed by atoms with van der Waals surface area (Å²) in [5.74, 6) is 0.764. The fourth-order valence-electron chi connectivity index (χ4n) is 2.64. The zero-order valence-corrected chi connectivity index (χ0v) is 14.7. The maximum absolute atomic E-state index is 12.3. The van der Waals surface area contributed by atoms with Crippen LogP contribution in [0.3, 0.4) is 0 Å². The number of nitrogens with zero attached hydrogens (tertiary/aromatic N) is 1. The molecule has 0 heterocycles. The molecule has 1 atom stereocenters. The number of ether oxygens (including phenoxy) is 1. The lowest BCUT2D eigenvalue weighted by Gasteiger charge is -2.25. The molecule has 0 bridgehead atoms. The summed E-state index contributed by atoms with van der Waals surface area (Å²) >= 11 is 0. The Bertz CT molecular complexity index is 641. The molecule has 0 aromatic heterocycles. The lowest BCUT2D eigenvalue weighted by Crippen LogP contribution is -2.42. The molecule has 0 aliphatic heterocycles. The lowest BCUT2D eigenvalue weighted by atomic mass is 10.0. The highest BCUT2D eigenvalue weighted by Crippen LogP contribution is 2.17. The maximum Gasteiger partial charge on any atom is 0.224 e. The second-order valence-corrected chi connectivity index (χ2v) is 6.10. The van der Waals surface area contributed by atoms with Crippen LogP contribution in [0.15, 0.2) is 54.6 Å². The van der Waals surface area contributed by atoms with E-state index in [4.69, 9.17) is 4.74 Å². The fraction of sp³-hybridized carbons (Fsp3) is 0.350. The van der Waals surface area contributed by atoms with Crippen molar-refractivity contribution in [1.29, 1.82) is 0 Å². The summed E-state index contributed by atoms with van der Waals surface area (Å²) in [5.41, 5.74) is 2.18. The van der Waals surface area contributed by atoms with E-state index in [1.807, 2.05) is 56.6 Å². The highest BCUT2D eigenvalue weighted by atomic mass is 16.5. The summed E-state index contributed by atoms with van der Waals surface area (Å²) in [4.78, 5) is 14.4. The van der Waals surface area contributed by atoms with Gasteiger partial charge in [-0.2, -0.15) is 0 Å². The Morgan fingerprint density at radius 3 is 2.42 bits per heavy atom. The zero-order chi connectivity index (χ0) is 17.4. The largest absolute Gasteiger partial charge is 0.496 e. The molecule has 0 aliphatic carbocycles. The van der Waals surface area contributed by atoms with Crippen molar-refractivity contribution < 1.29 is 9.53 Å². The average Bonchev–Trinajstić information content (AvgIpc) is 2.59. The molecule has 0 spiro atoms. The number of amides is 1. The molecule has 24 heavy (non-hydrogen) atoms. The number of para-hydroxylation sites is 1. The minimum absolute atomic E-state index is 0.0133. The second kappa shape index (κ2) is 9.08. The van der Waals surface area contributed by atoms with Gasteiger partial charge in [0.2, 0.25) is 5.91 Å². The van der Waals surface area contributed by atoms with Gasteiger partial charge in [0.05, 0.1) is 13.5 Å². The van der Waals surface area contributed by atoms with Crippen LogP contribution < -0.4 is 10.1 Å². The normalized spacial score (nSPS) is 12.0. The van der Waals surface area contributed by atoms with Gasteiger partial charge in [0.1, 0.15) is 5.75 Å². The molecule has 4 nitrogen and oxygen atoms in total. The molecule has 4 heteroatoms.